The van der Waals surface area contributed by atoms with Gasteiger partial charge in [-0.1, -0.05) is 129 Å². The van der Waals surface area contributed by atoms with Crippen molar-refractivity contribution in [1.82, 2.24) is 0 Å². The van der Waals surface area contributed by atoms with E-state index in [1.807, 2.05) is 0 Å². The number of anilines is 5. The molecular weight excluding hydrogens is 689 g/mol. The van der Waals surface area contributed by atoms with E-state index < -0.39 is 0 Å². The predicted molar refractivity (Wildman–Crippen MR) is 243 cm³/mol. The molecule has 0 saturated carbocycles. The van der Waals surface area contributed by atoms with Gasteiger partial charge in [0.1, 0.15) is 0 Å². The Kier molecular flexibility index (Phi) is 8.17. The summed E-state index contributed by atoms with van der Waals surface area (Å²) >= 11 is 0. The highest BCUT2D eigenvalue weighted by Gasteiger charge is 2.47. The van der Waals surface area contributed by atoms with Gasteiger partial charge in [0.2, 0.25) is 0 Å². The van der Waals surface area contributed by atoms with Crippen LogP contribution in [0.3, 0.4) is 0 Å². The fourth-order valence-corrected chi connectivity index (χ4v) is 10.4. The van der Waals surface area contributed by atoms with Gasteiger partial charge < -0.3 is 9.80 Å². The first-order valence-electron chi connectivity index (χ1n) is 20.8. The molecule has 6 aromatic rings. The van der Waals surface area contributed by atoms with Gasteiger partial charge in [-0.15, -0.1) is 0 Å². The summed E-state index contributed by atoms with van der Waals surface area (Å²) in [6, 6.07) is 44.0. The first-order valence-corrected chi connectivity index (χ1v) is 20.8. The van der Waals surface area contributed by atoms with Crippen molar-refractivity contribution in [3.8, 4) is 11.1 Å². The van der Waals surface area contributed by atoms with Crippen molar-refractivity contribution < 1.29 is 0 Å². The average Bonchev–Trinajstić information content (AvgIpc) is 3.59. The van der Waals surface area contributed by atoms with E-state index in [-0.39, 0.29) is 10.8 Å². The quantitative estimate of drug-likeness (QED) is 0.168. The van der Waals surface area contributed by atoms with Crippen LogP contribution in [0.4, 0.5) is 28.4 Å². The molecule has 6 aromatic carbocycles. The van der Waals surface area contributed by atoms with Crippen molar-refractivity contribution in [3.63, 3.8) is 0 Å². The molecule has 0 N–H and O–H groups in total. The molecule has 2 heteroatoms. The van der Waals surface area contributed by atoms with E-state index in [0.717, 1.165) is 24.2 Å². The zero-order chi connectivity index (χ0) is 39.2. The molecule has 2 unspecified atom stereocenters. The van der Waals surface area contributed by atoms with E-state index in [4.69, 9.17) is 0 Å². The van der Waals surface area contributed by atoms with E-state index in [1.165, 1.54) is 83.6 Å². The fraction of sp³-hybridized carbons (Fsp3) is 0.236. The summed E-state index contributed by atoms with van der Waals surface area (Å²) in [5, 5.41) is 2.58. The minimum atomic E-state index is -0.174. The van der Waals surface area contributed by atoms with Gasteiger partial charge >= 0.3 is 0 Å². The number of nitrogens with zero attached hydrogens (tertiary/aromatic N) is 2. The molecule has 10 rings (SSSR count). The van der Waals surface area contributed by atoms with Crippen LogP contribution in [0.25, 0.3) is 21.9 Å². The van der Waals surface area contributed by atoms with Crippen LogP contribution in [-0.4, -0.2) is 0 Å². The Balaban J connectivity index is 1.14. The maximum atomic E-state index is 2.59. The van der Waals surface area contributed by atoms with Crippen LogP contribution >= 0.6 is 0 Å². The third-order valence-electron chi connectivity index (χ3n) is 13.7. The molecule has 0 heterocycles. The Hall–Kier alpha value is -5.86. The van der Waals surface area contributed by atoms with E-state index in [1.54, 1.807) is 0 Å². The molecule has 2 nitrogen and oxygen atoms in total. The van der Waals surface area contributed by atoms with Crippen LogP contribution in [0.2, 0.25) is 0 Å². The van der Waals surface area contributed by atoms with Crippen molar-refractivity contribution in [2.24, 2.45) is 5.92 Å². The Morgan fingerprint density at radius 3 is 1.74 bits per heavy atom. The van der Waals surface area contributed by atoms with Crippen molar-refractivity contribution in [2.75, 3.05) is 9.80 Å². The van der Waals surface area contributed by atoms with Crippen LogP contribution in [0.5, 0.6) is 0 Å². The molecule has 282 valence electrons. The SMILES string of the molecule is CC1=CC=C(N(c2ccc(C)cc2)c2ccc(N(c3ccc(C)cc3)c3cc4c(c5ccccc35)-c3cc5c(cc3C4(C)C)C3C=CC=CC3C5(C)C)cc2)CC1. The summed E-state index contributed by atoms with van der Waals surface area (Å²) in [4.78, 5) is 4.92. The van der Waals surface area contributed by atoms with Crippen molar-refractivity contribution in [1.29, 1.82) is 0 Å². The minimum absolute atomic E-state index is 0.0610. The van der Waals surface area contributed by atoms with Gasteiger partial charge in [0, 0.05) is 45.2 Å². The number of rotatable bonds is 6. The smallest absolute Gasteiger partial charge is 0.0543 e. The van der Waals surface area contributed by atoms with Crippen LogP contribution in [-0.2, 0) is 10.8 Å². The van der Waals surface area contributed by atoms with Gasteiger partial charge in [-0.3, -0.25) is 0 Å². The van der Waals surface area contributed by atoms with Crippen LogP contribution in [0.15, 0.2) is 163 Å². The highest BCUT2D eigenvalue weighted by Crippen LogP contribution is 2.60. The van der Waals surface area contributed by atoms with Crippen molar-refractivity contribution in [3.05, 3.63) is 196 Å². The van der Waals surface area contributed by atoms with E-state index in [0.29, 0.717) is 11.8 Å². The summed E-state index contributed by atoms with van der Waals surface area (Å²) < 4.78 is 0. The lowest BCUT2D eigenvalue weighted by Gasteiger charge is -2.32. The second kappa shape index (κ2) is 13.1. The molecule has 57 heavy (non-hydrogen) atoms. The lowest BCUT2D eigenvalue weighted by Crippen LogP contribution is -2.24. The summed E-state index contributed by atoms with van der Waals surface area (Å²) in [6.45, 7) is 16.3. The molecule has 0 aliphatic heterocycles. The number of hydrogen-bond acceptors (Lipinski definition) is 2. The van der Waals surface area contributed by atoms with Crippen LogP contribution in [0.1, 0.15) is 86.8 Å². The minimum Gasteiger partial charge on any atom is -0.314 e. The zero-order valence-corrected chi connectivity index (χ0v) is 34.4. The average molecular weight is 741 g/mol. The number of hydrogen-bond donors (Lipinski definition) is 0. The van der Waals surface area contributed by atoms with Gasteiger partial charge in [0.15, 0.2) is 0 Å². The molecule has 0 spiro atoms. The summed E-state index contributed by atoms with van der Waals surface area (Å²) in [5.41, 5.74) is 19.7. The molecule has 4 aliphatic carbocycles. The van der Waals surface area contributed by atoms with Gasteiger partial charge in [0.05, 0.1) is 5.69 Å². The monoisotopic (exact) mass is 740 g/mol. The first kappa shape index (κ1) is 35.5. The number of allylic oxidation sites excluding steroid dienone is 8. The molecule has 0 fully saturated rings. The number of fused-ring (bicyclic) bond motifs is 8. The molecule has 4 aliphatic rings. The number of benzene rings is 6. The third kappa shape index (κ3) is 5.59. The maximum Gasteiger partial charge on any atom is 0.0543 e. The van der Waals surface area contributed by atoms with Crippen molar-refractivity contribution in [2.45, 2.75) is 78.1 Å². The Bertz CT molecular complexity index is 2700. The first-order chi connectivity index (χ1) is 27.5. The summed E-state index contributed by atoms with van der Waals surface area (Å²) in [7, 11) is 0. The molecule has 2 atom stereocenters. The molecular formula is C55H52N2. The highest BCUT2D eigenvalue weighted by molar-refractivity contribution is 6.10. The van der Waals surface area contributed by atoms with Gasteiger partial charge in [-0.25, -0.2) is 0 Å². The van der Waals surface area contributed by atoms with E-state index in [2.05, 4.69) is 210 Å². The Morgan fingerprint density at radius 1 is 0.544 bits per heavy atom. The number of aryl methyl sites for hydroxylation is 2. The highest BCUT2D eigenvalue weighted by atomic mass is 15.2. The fourth-order valence-electron chi connectivity index (χ4n) is 10.4. The molecule has 0 bridgehead atoms. The lowest BCUT2D eigenvalue weighted by molar-refractivity contribution is 0.394. The Labute approximate surface area is 339 Å². The second-order valence-corrected chi connectivity index (χ2v) is 18.0. The van der Waals surface area contributed by atoms with Gasteiger partial charge in [-0.2, -0.15) is 0 Å². The van der Waals surface area contributed by atoms with E-state index >= 15 is 0 Å². The van der Waals surface area contributed by atoms with Gasteiger partial charge in [-0.05, 0) is 150 Å². The topological polar surface area (TPSA) is 6.48 Å². The maximum absolute atomic E-state index is 2.59. The van der Waals surface area contributed by atoms with E-state index in [9.17, 15) is 0 Å². The third-order valence-corrected chi connectivity index (χ3v) is 13.7. The van der Waals surface area contributed by atoms with Crippen LogP contribution in [0, 0.1) is 19.8 Å². The molecule has 0 aromatic heterocycles. The summed E-state index contributed by atoms with van der Waals surface area (Å²) in [5.74, 6) is 0.912. The van der Waals surface area contributed by atoms with Crippen molar-refractivity contribution >= 4 is 39.2 Å². The second-order valence-electron chi connectivity index (χ2n) is 18.0. The van der Waals surface area contributed by atoms with Crippen LogP contribution < -0.4 is 9.80 Å². The predicted octanol–water partition coefficient (Wildman–Crippen LogP) is 15.1. The normalized spacial score (nSPS) is 19.4. The largest absolute Gasteiger partial charge is 0.314 e. The standard InChI is InChI=1S/C55H52N2/c1-35-16-22-38(23-17-35)56(39-24-18-36(2)19-25-39)40-28-30-42(31-29-40)57(41-26-20-37(3)21-27-41)52-34-51-53(45-14-9-8-13-44(45)52)47-33-49-46(32-50(47)55(51,6)7)43-12-10-11-15-48(43)54(49,4)5/h8-18,20-24,26-34,43,48H,19,25H2,1-7H3. The molecule has 0 radical (unpaired) electrons. The Morgan fingerprint density at radius 2 is 1.12 bits per heavy atom. The molecule has 0 amide bonds. The zero-order valence-electron chi connectivity index (χ0n) is 34.4. The van der Waals surface area contributed by atoms with Gasteiger partial charge in [0.25, 0.3) is 0 Å². The lowest BCUT2D eigenvalue weighted by atomic mass is 9.74. The molecule has 0 saturated heterocycles. The summed E-state index contributed by atoms with van der Waals surface area (Å²) in [6.07, 6.45) is 16.0.